The second kappa shape index (κ2) is 6.70. The molecule has 1 aromatic heterocycles. The summed E-state index contributed by atoms with van der Waals surface area (Å²) in [6.07, 6.45) is 6.44. The van der Waals surface area contributed by atoms with Gasteiger partial charge < -0.3 is 0 Å². The van der Waals surface area contributed by atoms with E-state index in [9.17, 15) is 0 Å². The highest BCUT2D eigenvalue weighted by atomic mass is 15.3. The molecule has 1 rings (SSSR count). The van der Waals surface area contributed by atoms with Gasteiger partial charge in [0, 0.05) is 12.2 Å². The van der Waals surface area contributed by atoms with E-state index in [4.69, 9.17) is 0 Å². The van der Waals surface area contributed by atoms with Crippen LogP contribution in [-0.4, -0.2) is 9.78 Å². The molecular formula is C11H22N2. The maximum absolute atomic E-state index is 4.25. The Bertz CT molecular complexity index is 216. The van der Waals surface area contributed by atoms with E-state index < -0.39 is 0 Å². The minimum atomic E-state index is 0.550. The van der Waals surface area contributed by atoms with Crippen molar-refractivity contribution in [1.82, 2.24) is 9.78 Å². The van der Waals surface area contributed by atoms with Gasteiger partial charge in [-0.25, -0.2) is 0 Å². The topological polar surface area (TPSA) is 17.8 Å². The zero-order chi connectivity index (χ0) is 10.3. The first-order valence-corrected chi connectivity index (χ1v) is 5.24. The summed E-state index contributed by atoms with van der Waals surface area (Å²) in [6, 6.07) is 0.550. The molecule has 0 bridgehead atoms. The maximum Gasteiger partial charge on any atom is 0.0519 e. The Balaban J connectivity index is 0.000000671. The fourth-order valence-corrected chi connectivity index (χ4v) is 1.22. The van der Waals surface area contributed by atoms with Crippen molar-refractivity contribution in [1.29, 1.82) is 0 Å². The van der Waals surface area contributed by atoms with Gasteiger partial charge in [0.05, 0.1) is 6.20 Å². The minimum absolute atomic E-state index is 0.550. The second-order valence-corrected chi connectivity index (χ2v) is 3.14. The minimum Gasteiger partial charge on any atom is -0.270 e. The third-order valence-corrected chi connectivity index (χ3v) is 1.89. The molecule has 0 N–H and O–H groups in total. The Kier molecular flexibility index (Phi) is 6.29. The summed E-state index contributed by atoms with van der Waals surface area (Å²) in [4.78, 5) is 0. The Morgan fingerprint density at radius 1 is 1.46 bits per heavy atom. The summed E-state index contributed by atoms with van der Waals surface area (Å²) in [5.74, 6) is 0. The summed E-state index contributed by atoms with van der Waals surface area (Å²) in [6.45, 7) is 10.5. The maximum atomic E-state index is 4.25. The van der Waals surface area contributed by atoms with Gasteiger partial charge in [0.1, 0.15) is 0 Å². The van der Waals surface area contributed by atoms with Crippen LogP contribution in [0.2, 0.25) is 0 Å². The van der Waals surface area contributed by atoms with E-state index >= 15 is 0 Å². The van der Waals surface area contributed by atoms with Crippen LogP contribution < -0.4 is 0 Å². The largest absolute Gasteiger partial charge is 0.270 e. The molecule has 0 spiro atoms. The summed E-state index contributed by atoms with van der Waals surface area (Å²) in [5, 5.41) is 4.25. The van der Waals surface area contributed by atoms with Crippen LogP contribution >= 0.6 is 0 Å². The monoisotopic (exact) mass is 182 g/mol. The Morgan fingerprint density at radius 2 is 2.08 bits per heavy atom. The standard InChI is InChI=1S/C9H16N2.C2H6/c1-4-5-9(3)11-7-8(2)6-10-11;1-2/h6-7,9H,4-5H2,1-3H3;1-2H3. The Morgan fingerprint density at radius 3 is 2.46 bits per heavy atom. The van der Waals surface area contributed by atoms with Gasteiger partial charge in [0.2, 0.25) is 0 Å². The molecule has 2 nitrogen and oxygen atoms in total. The van der Waals surface area contributed by atoms with Crippen molar-refractivity contribution in [3.8, 4) is 0 Å². The van der Waals surface area contributed by atoms with Crippen molar-refractivity contribution < 1.29 is 0 Å². The first-order chi connectivity index (χ1) is 6.24. The SMILES string of the molecule is CC.CCCC(C)n1cc(C)cn1. The number of aryl methyl sites for hydroxylation is 1. The zero-order valence-electron chi connectivity index (χ0n) is 9.54. The lowest BCUT2D eigenvalue weighted by Crippen LogP contribution is -2.04. The zero-order valence-corrected chi connectivity index (χ0v) is 9.54. The molecule has 0 aliphatic heterocycles. The summed E-state index contributed by atoms with van der Waals surface area (Å²) < 4.78 is 2.04. The van der Waals surface area contributed by atoms with Crippen LogP contribution in [0.3, 0.4) is 0 Å². The molecule has 0 amide bonds. The smallest absolute Gasteiger partial charge is 0.0519 e. The molecule has 1 atom stereocenters. The first-order valence-electron chi connectivity index (χ1n) is 5.24. The fourth-order valence-electron chi connectivity index (χ4n) is 1.22. The second-order valence-electron chi connectivity index (χ2n) is 3.14. The fraction of sp³-hybridized carbons (Fsp3) is 0.727. The van der Waals surface area contributed by atoms with Gasteiger partial charge in [-0.1, -0.05) is 27.2 Å². The average molecular weight is 182 g/mol. The third-order valence-electron chi connectivity index (χ3n) is 1.89. The molecule has 13 heavy (non-hydrogen) atoms. The number of aromatic nitrogens is 2. The number of rotatable bonds is 3. The van der Waals surface area contributed by atoms with Crippen molar-refractivity contribution in [2.24, 2.45) is 0 Å². The first kappa shape index (κ1) is 12.2. The summed E-state index contributed by atoms with van der Waals surface area (Å²) in [5.41, 5.74) is 1.24. The number of nitrogens with zero attached hydrogens (tertiary/aromatic N) is 2. The molecule has 1 unspecified atom stereocenters. The molecule has 2 heteroatoms. The molecule has 0 saturated carbocycles. The highest BCUT2D eigenvalue weighted by Gasteiger charge is 2.02. The van der Waals surface area contributed by atoms with Crippen molar-refractivity contribution in [3.63, 3.8) is 0 Å². The van der Waals surface area contributed by atoms with Crippen LogP contribution in [0.4, 0.5) is 0 Å². The van der Waals surface area contributed by atoms with E-state index in [2.05, 4.69) is 32.1 Å². The molecule has 0 saturated heterocycles. The van der Waals surface area contributed by atoms with Crippen molar-refractivity contribution in [2.75, 3.05) is 0 Å². The molecule has 76 valence electrons. The van der Waals surface area contributed by atoms with Gasteiger partial charge in [-0.3, -0.25) is 4.68 Å². The molecule has 0 aliphatic rings. The van der Waals surface area contributed by atoms with Gasteiger partial charge in [-0.05, 0) is 25.8 Å². The lowest BCUT2D eigenvalue weighted by molar-refractivity contribution is 0.454. The van der Waals surface area contributed by atoms with Gasteiger partial charge in [0.15, 0.2) is 0 Å². The molecule has 0 fully saturated rings. The van der Waals surface area contributed by atoms with Crippen molar-refractivity contribution >= 4 is 0 Å². The molecule has 0 aliphatic carbocycles. The van der Waals surface area contributed by atoms with Gasteiger partial charge in [-0.15, -0.1) is 0 Å². The van der Waals surface area contributed by atoms with E-state index in [1.54, 1.807) is 0 Å². The normalized spacial score (nSPS) is 11.8. The quantitative estimate of drug-likeness (QED) is 0.698. The molecule has 0 radical (unpaired) electrons. The molecule has 1 heterocycles. The van der Waals surface area contributed by atoms with Crippen LogP contribution in [0.1, 0.15) is 52.1 Å². The van der Waals surface area contributed by atoms with Gasteiger partial charge in [0.25, 0.3) is 0 Å². The van der Waals surface area contributed by atoms with Crippen LogP contribution in [-0.2, 0) is 0 Å². The molecular weight excluding hydrogens is 160 g/mol. The lowest BCUT2D eigenvalue weighted by atomic mass is 10.2. The summed E-state index contributed by atoms with van der Waals surface area (Å²) in [7, 11) is 0. The van der Waals surface area contributed by atoms with Crippen LogP contribution in [0.25, 0.3) is 0 Å². The number of hydrogen-bond donors (Lipinski definition) is 0. The van der Waals surface area contributed by atoms with Gasteiger partial charge in [-0.2, -0.15) is 5.10 Å². The average Bonchev–Trinajstić information content (AvgIpc) is 2.56. The Hall–Kier alpha value is -0.790. The predicted molar refractivity (Wildman–Crippen MR) is 57.9 cm³/mol. The number of hydrogen-bond acceptors (Lipinski definition) is 1. The van der Waals surface area contributed by atoms with E-state index in [1.807, 2.05) is 24.7 Å². The lowest BCUT2D eigenvalue weighted by Gasteiger charge is -2.09. The van der Waals surface area contributed by atoms with E-state index in [1.165, 1.54) is 18.4 Å². The van der Waals surface area contributed by atoms with E-state index in [0.29, 0.717) is 6.04 Å². The van der Waals surface area contributed by atoms with Crippen molar-refractivity contribution in [2.45, 2.75) is 53.5 Å². The van der Waals surface area contributed by atoms with Gasteiger partial charge >= 0.3 is 0 Å². The third kappa shape index (κ3) is 4.11. The summed E-state index contributed by atoms with van der Waals surface area (Å²) >= 11 is 0. The van der Waals surface area contributed by atoms with Crippen LogP contribution in [0, 0.1) is 6.92 Å². The van der Waals surface area contributed by atoms with Crippen LogP contribution in [0.5, 0.6) is 0 Å². The predicted octanol–water partition coefficient (Wildman–Crippen LogP) is 3.58. The molecule has 0 aromatic carbocycles. The van der Waals surface area contributed by atoms with E-state index in [0.717, 1.165) is 0 Å². The highest BCUT2D eigenvalue weighted by Crippen LogP contribution is 2.11. The molecule has 1 aromatic rings. The Labute approximate surface area is 82.0 Å². The van der Waals surface area contributed by atoms with E-state index in [-0.39, 0.29) is 0 Å². The van der Waals surface area contributed by atoms with Crippen molar-refractivity contribution in [3.05, 3.63) is 18.0 Å². The van der Waals surface area contributed by atoms with Crippen LogP contribution in [0.15, 0.2) is 12.4 Å². The highest BCUT2D eigenvalue weighted by molar-refractivity contribution is 5.00.